The number of hydrogen-bond acceptors (Lipinski definition) is 4. The first-order valence-electron chi connectivity index (χ1n) is 9.05. The van der Waals surface area contributed by atoms with Crippen molar-refractivity contribution in [3.63, 3.8) is 0 Å². The molecule has 1 aliphatic rings. The van der Waals surface area contributed by atoms with Crippen LogP contribution in [0.5, 0.6) is 0 Å². The van der Waals surface area contributed by atoms with Crippen molar-refractivity contribution < 1.29 is 4.74 Å². The number of anilines is 3. The highest BCUT2D eigenvalue weighted by molar-refractivity contribution is 5.61. The molecule has 0 amide bonds. The second-order valence-corrected chi connectivity index (χ2v) is 7.14. The fourth-order valence-corrected chi connectivity index (χ4v) is 3.42. The molecule has 3 N–H and O–H groups in total. The van der Waals surface area contributed by atoms with Crippen LogP contribution in [0.2, 0.25) is 0 Å². The van der Waals surface area contributed by atoms with Crippen LogP contribution in [-0.2, 0) is 11.3 Å². The van der Waals surface area contributed by atoms with Gasteiger partial charge in [-0.2, -0.15) is 0 Å². The molecule has 3 unspecified atom stereocenters. The van der Waals surface area contributed by atoms with E-state index in [1.807, 2.05) is 12.1 Å². The third-order valence-electron chi connectivity index (χ3n) is 5.08. The normalized spacial score (nSPS) is 23.5. The zero-order valence-corrected chi connectivity index (χ0v) is 15.6. The maximum Gasteiger partial charge on any atom is 0.0751 e. The molecule has 0 aliphatic carbocycles. The number of nitrogens with two attached hydrogens (primary N) is 1. The Labute approximate surface area is 151 Å². The number of ether oxygens (including phenoxy) is 1. The standard InChI is InChI=1S/C21H29N3O/c1-14-11-20(24-13-15(2)25-17(4)16(24)3)9-10-21(14)23-12-18-5-7-19(22)8-6-18/h5-11,15-17,23H,12-13,22H2,1-4H3. The molecule has 2 aromatic rings. The average molecular weight is 339 g/mol. The van der Waals surface area contributed by atoms with Crippen molar-refractivity contribution in [1.82, 2.24) is 0 Å². The van der Waals surface area contributed by atoms with E-state index in [9.17, 15) is 0 Å². The van der Waals surface area contributed by atoms with Gasteiger partial charge in [0.2, 0.25) is 0 Å². The third kappa shape index (κ3) is 4.07. The maximum atomic E-state index is 5.94. The van der Waals surface area contributed by atoms with Gasteiger partial charge in [0.05, 0.1) is 18.2 Å². The Hall–Kier alpha value is -2.20. The van der Waals surface area contributed by atoms with Crippen molar-refractivity contribution in [1.29, 1.82) is 0 Å². The van der Waals surface area contributed by atoms with Gasteiger partial charge in [-0.1, -0.05) is 12.1 Å². The molecule has 1 fully saturated rings. The Bertz CT molecular complexity index is 714. The predicted octanol–water partition coefficient (Wildman–Crippen LogP) is 4.19. The molecule has 2 aromatic carbocycles. The highest BCUT2D eigenvalue weighted by Gasteiger charge is 2.29. The van der Waals surface area contributed by atoms with Crippen LogP contribution < -0.4 is 16.0 Å². The fraction of sp³-hybridized carbons (Fsp3) is 0.429. The molecule has 4 heteroatoms. The van der Waals surface area contributed by atoms with Crippen LogP contribution in [0.3, 0.4) is 0 Å². The first-order valence-corrected chi connectivity index (χ1v) is 9.05. The van der Waals surface area contributed by atoms with Crippen LogP contribution in [0.1, 0.15) is 31.9 Å². The summed E-state index contributed by atoms with van der Waals surface area (Å²) < 4.78 is 5.94. The molecule has 4 nitrogen and oxygen atoms in total. The Morgan fingerprint density at radius 1 is 1.12 bits per heavy atom. The molecule has 3 atom stereocenters. The molecular formula is C21H29N3O. The Morgan fingerprint density at radius 2 is 1.84 bits per heavy atom. The largest absolute Gasteiger partial charge is 0.399 e. The van der Waals surface area contributed by atoms with E-state index in [2.05, 4.69) is 68.2 Å². The van der Waals surface area contributed by atoms with E-state index in [0.717, 1.165) is 18.8 Å². The van der Waals surface area contributed by atoms with E-state index in [4.69, 9.17) is 10.5 Å². The number of nitrogens with one attached hydrogen (secondary N) is 1. The summed E-state index contributed by atoms with van der Waals surface area (Å²) >= 11 is 0. The minimum atomic E-state index is 0.243. The molecule has 0 bridgehead atoms. The number of nitrogens with zero attached hydrogens (tertiary/aromatic N) is 1. The molecule has 25 heavy (non-hydrogen) atoms. The average Bonchev–Trinajstić information content (AvgIpc) is 2.58. The zero-order valence-electron chi connectivity index (χ0n) is 15.6. The lowest BCUT2D eigenvalue weighted by Gasteiger charge is -2.42. The quantitative estimate of drug-likeness (QED) is 0.820. The predicted molar refractivity (Wildman–Crippen MR) is 106 cm³/mol. The van der Waals surface area contributed by atoms with Gasteiger partial charge in [-0.05, 0) is 69.2 Å². The number of benzene rings is 2. The maximum absolute atomic E-state index is 5.94. The third-order valence-corrected chi connectivity index (χ3v) is 5.08. The van der Waals surface area contributed by atoms with Gasteiger partial charge in [0.15, 0.2) is 0 Å². The highest BCUT2D eigenvalue weighted by Crippen LogP contribution is 2.28. The first kappa shape index (κ1) is 17.6. The van der Waals surface area contributed by atoms with Crippen LogP contribution in [0.15, 0.2) is 42.5 Å². The summed E-state index contributed by atoms with van der Waals surface area (Å²) in [5, 5.41) is 3.52. The second kappa shape index (κ2) is 7.36. The molecule has 1 saturated heterocycles. The van der Waals surface area contributed by atoms with Crippen molar-refractivity contribution in [2.24, 2.45) is 0 Å². The first-order chi connectivity index (χ1) is 11.9. The number of morpholine rings is 1. The zero-order chi connectivity index (χ0) is 18.0. The molecular weight excluding hydrogens is 310 g/mol. The van der Waals surface area contributed by atoms with Gasteiger partial charge in [-0.15, -0.1) is 0 Å². The van der Waals surface area contributed by atoms with Crippen molar-refractivity contribution in [2.75, 3.05) is 22.5 Å². The summed E-state index contributed by atoms with van der Waals surface area (Å²) in [7, 11) is 0. The van der Waals surface area contributed by atoms with E-state index in [-0.39, 0.29) is 12.2 Å². The summed E-state index contributed by atoms with van der Waals surface area (Å²) in [6, 6.07) is 15.0. The summed E-state index contributed by atoms with van der Waals surface area (Å²) in [5.41, 5.74) is 11.5. The van der Waals surface area contributed by atoms with Crippen LogP contribution in [0.25, 0.3) is 0 Å². The van der Waals surface area contributed by atoms with Crippen LogP contribution in [0.4, 0.5) is 17.1 Å². The molecule has 134 valence electrons. The minimum Gasteiger partial charge on any atom is -0.399 e. The van der Waals surface area contributed by atoms with Crippen molar-refractivity contribution in [3.8, 4) is 0 Å². The molecule has 1 aliphatic heterocycles. The van der Waals surface area contributed by atoms with Gasteiger partial charge in [-0.3, -0.25) is 0 Å². The van der Waals surface area contributed by atoms with Crippen molar-refractivity contribution in [3.05, 3.63) is 53.6 Å². The highest BCUT2D eigenvalue weighted by atomic mass is 16.5. The van der Waals surface area contributed by atoms with Crippen LogP contribution >= 0.6 is 0 Å². The fourth-order valence-electron chi connectivity index (χ4n) is 3.42. The van der Waals surface area contributed by atoms with E-state index in [1.54, 1.807) is 0 Å². The summed E-state index contributed by atoms with van der Waals surface area (Å²) in [6.45, 7) is 10.4. The van der Waals surface area contributed by atoms with E-state index in [0.29, 0.717) is 6.04 Å². The SMILES string of the molecule is Cc1cc(N2CC(C)OC(C)C2C)ccc1NCc1ccc(N)cc1. The Balaban J connectivity index is 1.71. The topological polar surface area (TPSA) is 50.5 Å². The number of aryl methyl sites for hydroxylation is 1. The lowest BCUT2D eigenvalue weighted by molar-refractivity contribution is -0.0257. The Morgan fingerprint density at radius 3 is 2.52 bits per heavy atom. The number of rotatable bonds is 4. The molecule has 0 spiro atoms. The van der Waals surface area contributed by atoms with Gasteiger partial charge >= 0.3 is 0 Å². The monoisotopic (exact) mass is 339 g/mol. The van der Waals surface area contributed by atoms with Crippen LogP contribution in [0, 0.1) is 6.92 Å². The number of nitrogen functional groups attached to an aromatic ring is 1. The van der Waals surface area contributed by atoms with E-state index >= 15 is 0 Å². The minimum absolute atomic E-state index is 0.243. The molecule has 1 heterocycles. The lowest BCUT2D eigenvalue weighted by atomic mass is 10.1. The van der Waals surface area contributed by atoms with Gasteiger partial charge in [0.25, 0.3) is 0 Å². The molecule has 0 saturated carbocycles. The van der Waals surface area contributed by atoms with Crippen molar-refractivity contribution in [2.45, 2.75) is 52.5 Å². The van der Waals surface area contributed by atoms with Gasteiger partial charge < -0.3 is 20.7 Å². The molecule has 0 radical (unpaired) electrons. The summed E-state index contributed by atoms with van der Waals surface area (Å²) in [4.78, 5) is 2.45. The van der Waals surface area contributed by atoms with Crippen molar-refractivity contribution >= 4 is 17.1 Å². The summed E-state index contributed by atoms with van der Waals surface area (Å²) in [6.07, 6.45) is 0.502. The molecule has 0 aromatic heterocycles. The lowest BCUT2D eigenvalue weighted by Crippen LogP contribution is -2.52. The Kier molecular flexibility index (Phi) is 5.19. The van der Waals surface area contributed by atoms with Crippen LogP contribution in [-0.4, -0.2) is 24.8 Å². The number of hydrogen-bond donors (Lipinski definition) is 2. The van der Waals surface area contributed by atoms with Gasteiger partial charge in [0.1, 0.15) is 0 Å². The van der Waals surface area contributed by atoms with Gasteiger partial charge in [-0.25, -0.2) is 0 Å². The van der Waals surface area contributed by atoms with E-state index < -0.39 is 0 Å². The van der Waals surface area contributed by atoms with Gasteiger partial charge in [0, 0.05) is 30.2 Å². The second-order valence-electron chi connectivity index (χ2n) is 7.14. The summed E-state index contributed by atoms with van der Waals surface area (Å²) in [5.74, 6) is 0. The molecule has 3 rings (SSSR count). The van der Waals surface area contributed by atoms with E-state index in [1.165, 1.54) is 22.5 Å². The smallest absolute Gasteiger partial charge is 0.0751 e.